The molecular weight excluding hydrogens is 460 g/mol. The molecule has 3 aromatic rings. The van der Waals surface area contributed by atoms with Gasteiger partial charge in [0.2, 0.25) is 15.9 Å². The smallest absolute Gasteiger partial charge is 0.247 e. The van der Waals surface area contributed by atoms with Gasteiger partial charge in [-0.1, -0.05) is 74.9 Å². The summed E-state index contributed by atoms with van der Waals surface area (Å²) in [5.74, 6) is -0.665. The SMILES string of the molecule is Cc1ccc(N(C(C)C(=O)Nc2cccc(C(=O)c3ccc(C(C)(C)C)cc3)c2)S(C)(=O)=O)cc1. The van der Waals surface area contributed by atoms with Gasteiger partial charge in [-0.3, -0.25) is 13.9 Å². The minimum absolute atomic E-state index is 0.0130. The number of amides is 1. The molecule has 0 spiro atoms. The monoisotopic (exact) mass is 492 g/mol. The molecule has 184 valence electrons. The number of nitrogens with one attached hydrogen (secondary N) is 1. The topological polar surface area (TPSA) is 83.6 Å². The normalized spacial score (nSPS) is 12.6. The first-order valence-corrected chi connectivity index (χ1v) is 13.2. The predicted octanol–water partition coefficient (Wildman–Crippen LogP) is 5.32. The van der Waals surface area contributed by atoms with Gasteiger partial charge in [0.05, 0.1) is 11.9 Å². The lowest BCUT2D eigenvalue weighted by atomic mass is 9.86. The van der Waals surface area contributed by atoms with Gasteiger partial charge >= 0.3 is 0 Å². The quantitative estimate of drug-likeness (QED) is 0.453. The van der Waals surface area contributed by atoms with Gasteiger partial charge in [-0.2, -0.15) is 0 Å². The molecule has 0 saturated carbocycles. The number of carbonyl (C=O) groups is 2. The molecule has 1 N–H and O–H groups in total. The summed E-state index contributed by atoms with van der Waals surface area (Å²) in [5, 5.41) is 2.75. The third-order valence-corrected chi connectivity index (χ3v) is 7.02. The molecule has 3 aromatic carbocycles. The number of nitrogens with zero attached hydrogens (tertiary/aromatic N) is 1. The lowest BCUT2D eigenvalue weighted by Crippen LogP contribution is -2.45. The van der Waals surface area contributed by atoms with Crippen molar-refractivity contribution < 1.29 is 18.0 Å². The molecule has 1 unspecified atom stereocenters. The van der Waals surface area contributed by atoms with Crippen LogP contribution in [0.2, 0.25) is 0 Å². The van der Waals surface area contributed by atoms with Crippen LogP contribution in [0, 0.1) is 6.92 Å². The number of sulfonamides is 1. The summed E-state index contributed by atoms with van der Waals surface area (Å²) in [7, 11) is -3.72. The maximum atomic E-state index is 13.0. The first kappa shape index (κ1) is 26.2. The van der Waals surface area contributed by atoms with Gasteiger partial charge in [-0.15, -0.1) is 0 Å². The third kappa shape index (κ3) is 6.36. The van der Waals surface area contributed by atoms with E-state index in [1.165, 1.54) is 6.92 Å². The van der Waals surface area contributed by atoms with Crippen LogP contribution in [-0.2, 0) is 20.2 Å². The second-order valence-corrected chi connectivity index (χ2v) is 11.7. The molecule has 0 saturated heterocycles. The number of carbonyl (C=O) groups excluding carboxylic acids is 2. The van der Waals surface area contributed by atoms with E-state index in [-0.39, 0.29) is 11.2 Å². The molecule has 0 bridgehead atoms. The highest BCUT2D eigenvalue weighted by atomic mass is 32.2. The van der Waals surface area contributed by atoms with Gasteiger partial charge in [0, 0.05) is 16.8 Å². The zero-order chi connectivity index (χ0) is 26.0. The van der Waals surface area contributed by atoms with Crippen molar-refractivity contribution in [2.24, 2.45) is 0 Å². The van der Waals surface area contributed by atoms with Crippen LogP contribution in [-0.4, -0.2) is 32.4 Å². The highest BCUT2D eigenvalue weighted by Gasteiger charge is 2.29. The van der Waals surface area contributed by atoms with E-state index in [9.17, 15) is 18.0 Å². The van der Waals surface area contributed by atoms with Gasteiger partial charge in [-0.25, -0.2) is 8.42 Å². The fraction of sp³-hybridized carbons (Fsp3) is 0.286. The van der Waals surface area contributed by atoms with Gasteiger partial charge < -0.3 is 5.32 Å². The van der Waals surface area contributed by atoms with Crippen LogP contribution in [0.15, 0.2) is 72.8 Å². The van der Waals surface area contributed by atoms with Crippen LogP contribution in [0.25, 0.3) is 0 Å². The Hall–Kier alpha value is -3.45. The Morgan fingerprint density at radius 3 is 2.03 bits per heavy atom. The van der Waals surface area contributed by atoms with Crippen LogP contribution in [0.5, 0.6) is 0 Å². The second-order valence-electron chi connectivity index (χ2n) is 9.80. The Morgan fingerprint density at radius 1 is 0.886 bits per heavy atom. The second kappa shape index (κ2) is 10.0. The van der Waals surface area contributed by atoms with Crippen LogP contribution in [0.4, 0.5) is 11.4 Å². The predicted molar refractivity (Wildman–Crippen MR) is 142 cm³/mol. The fourth-order valence-electron chi connectivity index (χ4n) is 3.77. The maximum Gasteiger partial charge on any atom is 0.247 e. The maximum absolute atomic E-state index is 13.0. The number of rotatable bonds is 7. The van der Waals surface area contributed by atoms with Crippen molar-refractivity contribution in [3.8, 4) is 0 Å². The number of anilines is 2. The largest absolute Gasteiger partial charge is 0.324 e. The molecule has 0 fully saturated rings. The summed E-state index contributed by atoms with van der Waals surface area (Å²) in [4.78, 5) is 26.1. The van der Waals surface area contributed by atoms with Crippen LogP contribution in [0.1, 0.15) is 54.7 Å². The van der Waals surface area contributed by atoms with E-state index in [1.54, 1.807) is 48.5 Å². The van der Waals surface area contributed by atoms with E-state index in [0.29, 0.717) is 22.5 Å². The Balaban J connectivity index is 1.81. The lowest BCUT2D eigenvalue weighted by Gasteiger charge is -2.28. The number of benzene rings is 3. The van der Waals surface area contributed by atoms with Crippen molar-refractivity contribution >= 4 is 33.1 Å². The van der Waals surface area contributed by atoms with Crippen LogP contribution in [0.3, 0.4) is 0 Å². The third-order valence-electron chi connectivity index (χ3n) is 5.78. The van der Waals surface area contributed by atoms with Crippen molar-refractivity contribution in [3.63, 3.8) is 0 Å². The average molecular weight is 493 g/mol. The first-order valence-electron chi connectivity index (χ1n) is 11.4. The molecular formula is C28H32N2O4S. The molecule has 0 aliphatic heterocycles. The standard InChI is InChI=1S/C28H32N2O4S/c1-19-10-16-25(17-11-19)30(35(6,33)34)20(2)27(32)29-24-9-7-8-22(18-24)26(31)21-12-14-23(15-13-21)28(3,4)5/h7-18,20H,1-6H3,(H,29,32). The Morgan fingerprint density at radius 2 is 1.49 bits per heavy atom. The fourth-order valence-corrected chi connectivity index (χ4v) is 4.95. The molecule has 0 aromatic heterocycles. The highest BCUT2D eigenvalue weighted by Crippen LogP contribution is 2.24. The minimum atomic E-state index is -3.72. The number of hydrogen-bond donors (Lipinski definition) is 1. The van der Waals surface area contributed by atoms with E-state index in [2.05, 4.69) is 26.1 Å². The molecule has 0 heterocycles. The van der Waals surface area contributed by atoms with Gasteiger partial charge in [-0.05, 0) is 49.1 Å². The van der Waals surface area contributed by atoms with Crippen molar-refractivity contribution in [3.05, 3.63) is 95.1 Å². The van der Waals surface area contributed by atoms with Crippen molar-refractivity contribution in [1.29, 1.82) is 0 Å². The Labute approximate surface area is 208 Å². The summed E-state index contributed by atoms with van der Waals surface area (Å²) < 4.78 is 26.1. The summed E-state index contributed by atoms with van der Waals surface area (Å²) in [5.41, 5.74) is 3.90. The van der Waals surface area contributed by atoms with Crippen molar-refractivity contribution in [2.45, 2.75) is 46.1 Å². The molecule has 3 rings (SSSR count). The molecule has 1 atom stereocenters. The Bertz CT molecular complexity index is 1320. The zero-order valence-corrected chi connectivity index (χ0v) is 21.8. The summed E-state index contributed by atoms with van der Waals surface area (Å²) in [6.07, 6.45) is 1.07. The van der Waals surface area contributed by atoms with Crippen molar-refractivity contribution in [1.82, 2.24) is 0 Å². The molecule has 1 amide bonds. The molecule has 6 nitrogen and oxygen atoms in total. The van der Waals surface area contributed by atoms with Gasteiger partial charge in [0.1, 0.15) is 6.04 Å². The molecule has 0 aliphatic rings. The van der Waals surface area contributed by atoms with E-state index in [0.717, 1.165) is 21.7 Å². The van der Waals surface area contributed by atoms with E-state index < -0.39 is 22.0 Å². The van der Waals surface area contributed by atoms with Gasteiger partial charge in [0.25, 0.3) is 0 Å². The summed E-state index contributed by atoms with van der Waals surface area (Å²) in [6, 6.07) is 20.1. The molecule has 7 heteroatoms. The summed E-state index contributed by atoms with van der Waals surface area (Å²) in [6.45, 7) is 9.77. The summed E-state index contributed by atoms with van der Waals surface area (Å²) >= 11 is 0. The van der Waals surface area contributed by atoms with Crippen molar-refractivity contribution in [2.75, 3.05) is 15.9 Å². The number of aryl methyl sites for hydroxylation is 1. The first-order chi connectivity index (χ1) is 16.3. The van der Waals surface area contributed by atoms with Crippen LogP contribution < -0.4 is 9.62 Å². The molecule has 0 aliphatic carbocycles. The molecule has 35 heavy (non-hydrogen) atoms. The zero-order valence-electron chi connectivity index (χ0n) is 21.0. The average Bonchev–Trinajstić information content (AvgIpc) is 2.78. The van der Waals surface area contributed by atoms with E-state index in [4.69, 9.17) is 0 Å². The number of ketones is 1. The minimum Gasteiger partial charge on any atom is -0.324 e. The van der Waals surface area contributed by atoms with Crippen LogP contribution >= 0.6 is 0 Å². The highest BCUT2D eigenvalue weighted by molar-refractivity contribution is 7.92. The molecule has 0 radical (unpaired) electrons. The van der Waals surface area contributed by atoms with E-state index in [1.807, 2.05) is 31.2 Å². The van der Waals surface area contributed by atoms with Gasteiger partial charge in [0.15, 0.2) is 5.78 Å². The van der Waals surface area contributed by atoms with E-state index >= 15 is 0 Å². The number of hydrogen-bond acceptors (Lipinski definition) is 4. The lowest BCUT2D eigenvalue weighted by molar-refractivity contribution is -0.116. The Kier molecular flexibility index (Phi) is 7.50.